The summed E-state index contributed by atoms with van der Waals surface area (Å²) >= 11 is 0. The Labute approximate surface area is 217 Å². The molecule has 0 spiro atoms. The summed E-state index contributed by atoms with van der Waals surface area (Å²) in [4.78, 5) is 14.8. The first-order valence-corrected chi connectivity index (χ1v) is 14.5. The van der Waals surface area contributed by atoms with Gasteiger partial charge in [-0.1, -0.05) is 18.2 Å². The van der Waals surface area contributed by atoms with Crippen LogP contribution in [0.5, 0.6) is 0 Å². The van der Waals surface area contributed by atoms with E-state index in [4.69, 9.17) is 19.2 Å². The van der Waals surface area contributed by atoms with Gasteiger partial charge < -0.3 is 29.4 Å². The molecule has 11 heteroatoms. The highest BCUT2D eigenvalue weighted by molar-refractivity contribution is 7.55. The Morgan fingerprint density at radius 2 is 1.73 bits per heavy atom. The van der Waals surface area contributed by atoms with E-state index >= 15 is 0 Å². The van der Waals surface area contributed by atoms with E-state index in [1.165, 1.54) is 31.6 Å². The molecule has 1 atom stereocenters. The summed E-state index contributed by atoms with van der Waals surface area (Å²) in [6.45, 7) is 4.81. The molecule has 1 unspecified atom stereocenters. The quantitative estimate of drug-likeness (QED) is 0.110. The van der Waals surface area contributed by atoms with Crippen molar-refractivity contribution >= 4 is 36.0 Å². The highest BCUT2D eigenvalue weighted by Crippen LogP contribution is 2.35. The highest BCUT2D eigenvalue weighted by atomic mass is 31.2. The minimum Gasteiger partial charge on any atom is -0.377 e. The third-order valence-corrected chi connectivity index (χ3v) is 6.93. The predicted molar refractivity (Wildman–Crippen MR) is 143 cm³/mol. The third kappa shape index (κ3) is 9.56. The van der Waals surface area contributed by atoms with Gasteiger partial charge in [-0.25, -0.2) is 0 Å². The summed E-state index contributed by atoms with van der Waals surface area (Å²) in [5, 5.41) is 24.6. The number of nitrogens with zero attached hydrogens (tertiary/aromatic N) is 2. The van der Waals surface area contributed by atoms with Crippen molar-refractivity contribution in [3.05, 3.63) is 47.5 Å². The minimum absolute atomic E-state index is 0.0261. The number of carbonyl (C=O) groups excluding carboxylic acids is 1. The molecule has 37 heavy (non-hydrogen) atoms. The molecule has 0 bridgehead atoms. The number of nitrogens with one attached hydrogen (secondary N) is 2. The largest absolute Gasteiger partial charge is 0.377 e. The van der Waals surface area contributed by atoms with Crippen molar-refractivity contribution in [1.82, 2.24) is 10.6 Å². The minimum atomic E-state index is -3.18. The van der Waals surface area contributed by atoms with Crippen LogP contribution in [0.15, 0.2) is 42.0 Å². The molecule has 1 saturated heterocycles. The van der Waals surface area contributed by atoms with Crippen LogP contribution >= 0.6 is 7.52 Å². The zero-order valence-electron chi connectivity index (χ0n) is 21.1. The molecule has 1 fully saturated rings. The summed E-state index contributed by atoms with van der Waals surface area (Å²) in [7, 11) is -3.18. The fraction of sp³-hybridized carbons (Fsp3) is 0.462. The summed E-state index contributed by atoms with van der Waals surface area (Å²) in [6, 6.07) is 14.3. The highest BCUT2D eigenvalue weighted by Gasteiger charge is 2.13. The lowest BCUT2D eigenvalue weighted by Crippen LogP contribution is -2.29. The maximum atomic E-state index is 12.4. The van der Waals surface area contributed by atoms with E-state index in [-0.39, 0.29) is 31.9 Å². The molecule has 2 aromatic carbocycles. The predicted octanol–water partition coefficient (Wildman–Crippen LogP) is 3.70. The summed E-state index contributed by atoms with van der Waals surface area (Å²) in [5.74, 6) is -0.457. The van der Waals surface area contributed by atoms with E-state index < -0.39 is 13.4 Å². The van der Waals surface area contributed by atoms with Crippen LogP contribution in [0.25, 0.3) is 16.8 Å². The molecule has 3 rings (SSSR count). The fourth-order valence-corrected chi connectivity index (χ4v) is 4.44. The third-order valence-electron chi connectivity index (χ3n) is 5.90. The number of hydrogen-bond acceptors (Lipinski definition) is 8. The molecule has 2 aromatic rings. The first-order valence-electron chi connectivity index (χ1n) is 12.4. The lowest BCUT2D eigenvalue weighted by atomic mass is 10.0. The van der Waals surface area contributed by atoms with Crippen LogP contribution in [0, 0.1) is 11.3 Å². The number of anilines is 1. The number of nitriles is 1. The number of benzene rings is 2. The van der Waals surface area contributed by atoms with E-state index in [1.807, 2.05) is 24.3 Å². The van der Waals surface area contributed by atoms with Crippen molar-refractivity contribution in [3.8, 4) is 6.07 Å². The number of amides is 1. The normalized spacial score (nSPS) is 15.8. The topological polar surface area (TPSA) is 133 Å². The Hall–Kier alpha value is -2.77. The smallest absolute Gasteiger partial charge is 0.289 e. The van der Waals surface area contributed by atoms with Crippen LogP contribution in [0.3, 0.4) is 0 Å². The first-order chi connectivity index (χ1) is 17.9. The van der Waals surface area contributed by atoms with Crippen molar-refractivity contribution < 1.29 is 28.6 Å². The van der Waals surface area contributed by atoms with Gasteiger partial charge in [-0.2, -0.15) is 5.26 Å². The SMILES string of the molecule is CP(=O)(NO)OCCOCCOCCNC(=O)/C(C#N)=C/c1ccc2cc(N3CCCCC3)ccc2c1. The Kier molecular flexibility index (Phi) is 11.5. The molecular formula is C26H35N4O6P. The maximum absolute atomic E-state index is 12.4. The molecule has 0 saturated carbocycles. The van der Waals surface area contributed by atoms with Gasteiger partial charge >= 0.3 is 0 Å². The van der Waals surface area contributed by atoms with Crippen molar-refractivity contribution in [1.29, 1.82) is 5.26 Å². The number of rotatable bonds is 14. The number of fused-ring (bicyclic) bond motifs is 1. The molecule has 1 amide bonds. The standard InChI is InChI=1S/C26H35N4O6P/c1-37(33,29-32)36-16-15-35-14-13-34-12-9-28-26(31)24(20-27)18-21-5-6-23-19-25(8-7-22(23)17-21)30-10-3-2-4-11-30/h5-8,17-19,32H,2-4,9-16H2,1H3,(H,28,31)(H,29,33)/b24-18+. The van der Waals surface area contributed by atoms with Gasteiger partial charge in [0.15, 0.2) is 0 Å². The van der Waals surface area contributed by atoms with Gasteiger partial charge in [0.05, 0.1) is 33.0 Å². The molecule has 200 valence electrons. The number of ether oxygens (including phenoxy) is 2. The van der Waals surface area contributed by atoms with E-state index in [2.05, 4.69) is 28.4 Å². The molecule has 1 aliphatic rings. The van der Waals surface area contributed by atoms with Gasteiger partial charge in [0.1, 0.15) is 11.6 Å². The zero-order valence-corrected chi connectivity index (χ0v) is 22.0. The molecule has 3 N–H and O–H groups in total. The van der Waals surface area contributed by atoms with Crippen LogP contribution in [-0.2, 0) is 23.4 Å². The van der Waals surface area contributed by atoms with Gasteiger partial charge in [0.25, 0.3) is 13.4 Å². The van der Waals surface area contributed by atoms with E-state index in [0.29, 0.717) is 13.2 Å². The molecular weight excluding hydrogens is 495 g/mol. The fourth-order valence-electron chi connectivity index (χ4n) is 3.96. The van der Waals surface area contributed by atoms with Crippen molar-refractivity contribution in [2.24, 2.45) is 0 Å². The van der Waals surface area contributed by atoms with Gasteiger partial charge in [-0.3, -0.25) is 9.36 Å². The maximum Gasteiger partial charge on any atom is 0.289 e. The van der Waals surface area contributed by atoms with Gasteiger partial charge in [0.2, 0.25) is 0 Å². The van der Waals surface area contributed by atoms with E-state index in [9.17, 15) is 14.6 Å². The first kappa shape index (κ1) is 28.8. The number of hydrogen-bond donors (Lipinski definition) is 3. The number of piperidine rings is 1. The van der Waals surface area contributed by atoms with Crippen molar-refractivity contribution in [2.45, 2.75) is 19.3 Å². The molecule has 0 aliphatic carbocycles. The monoisotopic (exact) mass is 530 g/mol. The lowest BCUT2D eigenvalue weighted by Gasteiger charge is -2.29. The average molecular weight is 531 g/mol. The Morgan fingerprint density at radius 3 is 2.46 bits per heavy atom. The van der Waals surface area contributed by atoms with Crippen LogP contribution in [-0.4, -0.2) is 70.4 Å². The second kappa shape index (κ2) is 14.8. The van der Waals surface area contributed by atoms with Crippen LogP contribution in [0.1, 0.15) is 24.8 Å². The molecule has 0 aromatic heterocycles. The van der Waals surface area contributed by atoms with Gasteiger partial charge in [0, 0.05) is 32.0 Å². The second-order valence-electron chi connectivity index (χ2n) is 8.77. The Balaban J connectivity index is 1.40. The van der Waals surface area contributed by atoms with Gasteiger partial charge in [-0.15, -0.1) is 5.25 Å². The average Bonchev–Trinajstić information content (AvgIpc) is 2.92. The molecule has 1 heterocycles. The summed E-state index contributed by atoms with van der Waals surface area (Å²) in [5.41, 5.74) is 2.05. The summed E-state index contributed by atoms with van der Waals surface area (Å²) < 4.78 is 27.0. The van der Waals surface area contributed by atoms with E-state index in [1.54, 1.807) is 11.3 Å². The second-order valence-corrected chi connectivity index (χ2v) is 10.9. The molecule has 10 nitrogen and oxygen atoms in total. The van der Waals surface area contributed by atoms with Crippen LogP contribution < -0.4 is 15.5 Å². The lowest BCUT2D eigenvalue weighted by molar-refractivity contribution is -0.117. The summed E-state index contributed by atoms with van der Waals surface area (Å²) in [6.07, 6.45) is 5.34. The molecule has 1 aliphatic heterocycles. The van der Waals surface area contributed by atoms with Crippen LogP contribution in [0.4, 0.5) is 5.69 Å². The number of carbonyl (C=O) groups is 1. The van der Waals surface area contributed by atoms with E-state index in [0.717, 1.165) is 29.4 Å². The van der Waals surface area contributed by atoms with Gasteiger partial charge in [-0.05, 0) is 59.9 Å². The van der Waals surface area contributed by atoms with Crippen molar-refractivity contribution in [3.63, 3.8) is 0 Å². The zero-order chi connectivity index (χ0) is 26.5. The Bertz CT molecular complexity index is 1160. The van der Waals surface area contributed by atoms with Crippen LogP contribution in [0.2, 0.25) is 0 Å². The Morgan fingerprint density at radius 1 is 1.05 bits per heavy atom. The molecule has 0 radical (unpaired) electrons. The van der Waals surface area contributed by atoms with Crippen molar-refractivity contribution in [2.75, 3.05) is 64.2 Å².